The number of pyridine rings is 1. The van der Waals surface area contributed by atoms with Gasteiger partial charge in [-0.25, -0.2) is 9.37 Å². The highest BCUT2D eigenvalue weighted by molar-refractivity contribution is 5.83. The molecule has 6 nitrogen and oxygen atoms in total. The molecular formula is C24H21FN6. The van der Waals surface area contributed by atoms with E-state index in [2.05, 4.69) is 37.4 Å². The number of benzene rings is 2. The summed E-state index contributed by atoms with van der Waals surface area (Å²) in [7, 11) is 0. The number of hydrogen-bond acceptors (Lipinski definition) is 6. The van der Waals surface area contributed by atoms with E-state index in [0.717, 1.165) is 23.0 Å². The Kier molecular flexibility index (Phi) is 6.31. The Morgan fingerprint density at radius 1 is 0.968 bits per heavy atom. The molecule has 0 unspecified atom stereocenters. The first-order chi connectivity index (χ1) is 15.2. The molecule has 7 heteroatoms. The maximum absolute atomic E-state index is 13.5. The van der Waals surface area contributed by atoms with Crippen molar-refractivity contribution in [1.29, 1.82) is 0 Å². The van der Waals surface area contributed by atoms with Crippen LogP contribution in [-0.2, 0) is 0 Å². The van der Waals surface area contributed by atoms with Crippen LogP contribution in [0, 0.1) is 17.7 Å². The van der Waals surface area contributed by atoms with E-state index in [4.69, 9.17) is 5.73 Å². The standard InChI is InChI=1S/C24H21FN6/c25-19-8-4-9-20(15-19)30-24-28-16-18(6-2-1-3-12-26)23(31-24)29-21-10-11-22-17(14-21)7-5-13-27-22/h4-5,7-11,13-16H,1,3,12,26H2,(H2,28,29,30,31). The van der Waals surface area contributed by atoms with Gasteiger partial charge in [0.1, 0.15) is 5.82 Å². The number of nitrogens with one attached hydrogen (secondary N) is 2. The minimum Gasteiger partial charge on any atom is -0.339 e. The van der Waals surface area contributed by atoms with Crippen molar-refractivity contribution in [2.75, 3.05) is 17.2 Å². The third-order valence-electron chi connectivity index (χ3n) is 4.46. The zero-order valence-corrected chi connectivity index (χ0v) is 16.8. The van der Waals surface area contributed by atoms with E-state index < -0.39 is 0 Å². The lowest BCUT2D eigenvalue weighted by Gasteiger charge is -2.11. The zero-order valence-electron chi connectivity index (χ0n) is 16.8. The largest absolute Gasteiger partial charge is 0.339 e. The van der Waals surface area contributed by atoms with E-state index in [0.29, 0.717) is 36.0 Å². The summed E-state index contributed by atoms with van der Waals surface area (Å²) in [6.45, 7) is 0.595. The fourth-order valence-corrected chi connectivity index (χ4v) is 2.96. The second-order valence-electron chi connectivity index (χ2n) is 6.82. The molecule has 0 atom stereocenters. The van der Waals surface area contributed by atoms with Gasteiger partial charge in [-0.15, -0.1) is 0 Å². The molecule has 0 saturated carbocycles. The topological polar surface area (TPSA) is 88.8 Å². The predicted molar refractivity (Wildman–Crippen MR) is 122 cm³/mol. The molecule has 0 amide bonds. The Morgan fingerprint density at radius 3 is 2.74 bits per heavy atom. The second kappa shape index (κ2) is 9.65. The molecule has 2 aromatic heterocycles. The molecule has 0 fully saturated rings. The van der Waals surface area contributed by atoms with Crippen LogP contribution < -0.4 is 16.4 Å². The first kappa shape index (κ1) is 20.3. The summed E-state index contributed by atoms with van der Waals surface area (Å²) in [6, 6.07) is 15.9. The van der Waals surface area contributed by atoms with Crippen molar-refractivity contribution in [3.8, 4) is 11.8 Å². The summed E-state index contributed by atoms with van der Waals surface area (Å²) in [5.41, 5.74) is 8.52. The SMILES string of the molecule is NCCCC#Cc1cnc(Nc2cccc(F)c2)nc1Nc1ccc2ncccc2c1. The summed E-state index contributed by atoms with van der Waals surface area (Å²) < 4.78 is 13.5. The van der Waals surface area contributed by atoms with E-state index in [1.54, 1.807) is 24.5 Å². The van der Waals surface area contributed by atoms with Crippen LogP contribution in [0.3, 0.4) is 0 Å². The third kappa shape index (κ3) is 5.32. The maximum atomic E-state index is 13.5. The molecule has 154 valence electrons. The molecular weight excluding hydrogens is 391 g/mol. The zero-order chi connectivity index (χ0) is 21.5. The van der Waals surface area contributed by atoms with Crippen LogP contribution in [0.5, 0.6) is 0 Å². The molecule has 0 bridgehead atoms. The molecule has 0 radical (unpaired) electrons. The number of unbranched alkanes of at least 4 members (excludes halogenated alkanes) is 1. The maximum Gasteiger partial charge on any atom is 0.229 e. The quantitative estimate of drug-likeness (QED) is 0.313. The number of anilines is 4. The molecule has 4 rings (SSSR count). The van der Waals surface area contributed by atoms with Crippen molar-refractivity contribution in [3.63, 3.8) is 0 Å². The lowest BCUT2D eigenvalue weighted by atomic mass is 10.2. The monoisotopic (exact) mass is 412 g/mol. The highest BCUT2D eigenvalue weighted by atomic mass is 19.1. The normalized spacial score (nSPS) is 10.4. The molecule has 0 aliphatic heterocycles. The fourth-order valence-electron chi connectivity index (χ4n) is 2.96. The summed E-state index contributed by atoms with van der Waals surface area (Å²) >= 11 is 0. The van der Waals surface area contributed by atoms with Crippen molar-refractivity contribution < 1.29 is 4.39 Å². The van der Waals surface area contributed by atoms with Gasteiger partial charge in [0.25, 0.3) is 0 Å². The Hall–Kier alpha value is -4.02. The van der Waals surface area contributed by atoms with Crippen molar-refractivity contribution >= 4 is 34.0 Å². The van der Waals surface area contributed by atoms with Crippen LogP contribution in [-0.4, -0.2) is 21.5 Å². The smallest absolute Gasteiger partial charge is 0.229 e. The van der Waals surface area contributed by atoms with Crippen LogP contribution in [0.1, 0.15) is 18.4 Å². The van der Waals surface area contributed by atoms with Crippen molar-refractivity contribution in [2.45, 2.75) is 12.8 Å². The van der Waals surface area contributed by atoms with E-state index in [-0.39, 0.29) is 5.82 Å². The second-order valence-corrected chi connectivity index (χ2v) is 6.82. The van der Waals surface area contributed by atoms with Gasteiger partial charge in [-0.3, -0.25) is 4.98 Å². The number of fused-ring (bicyclic) bond motifs is 1. The first-order valence-corrected chi connectivity index (χ1v) is 9.92. The third-order valence-corrected chi connectivity index (χ3v) is 4.46. The minimum atomic E-state index is -0.337. The van der Waals surface area contributed by atoms with E-state index in [1.165, 1.54) is 12.1 Å². The van der Waals surface area contributed by atoms with Crippen LogP contribution in [0.25, 0.3) is 10.9 Å². The van der Waals surface area contributed by atoms with Crippen LogP contribution >= 0.6 is 0 Å². The fraction of sp³-hybridized carbons (Fsp3) is 0.125. The number of halogens is 1. The van der Waals surface area contributed by atoms with Gasteiger partial charge < -0.3 is 16.4 Å². The average molecular weight is 412 g/mol. The number of rotatable bonds is 6. The molecule has 0 aliphatic carbocycles. The predicted octanol–water partition coefficient (Wildman–Crippen LogP) is 4.74. The molecule has 4 aromatic rings. The Bertz CT molecular complexity index is 1260. The number of hydrogen-bond donors (Lipinski definition) is 3. The van der Waals surface area contributed by atoms with E-state index >= 15 is 0 Å². The van der Waals surface area contributed by atoms with Crippen molar-refractivity contribution in [1.82, 2.24) is 15.0 Å². The molecule has 31 heavy (non-hydrogen) atoms. The molecule has 0 saturated heterocycles. The Morgan fingerprint density at radius 2 is 1.87 bits per heavy atom. The van der Waals surface area contributed by atoms with Crippen LogP contribution in [0.2, 0.25) is 0 Å². The lowest BCUT2D eigenvalue weighted by Crippen LogP contribution is -2.03. The van der Waals surface area contributed by atoms with Gasteiger partial charge >= 0.3 is 0 Å². The van der Waals surface area contributed by atoms with Gasteiger partial charge in [-0.1, -0.05) is 24.0 Å². The van der Waals surface area contributed by atoms with Gasteiger partial charge in [0.2, 0.25) is 5.95 Å². The summed E-state index contributed by atoms with van der Waals surface area (Å²) in [5.74, 6) is 6.77. The lowest BCUT2D eigenvalue weighted by molar-refractivity contribution is 0.628. The molecule has 4 N–H and O–H groups in total. The number of nitrogens with two attached hydrogens (primary N) is 1. The Labute approximate surface area is 179 Å². The van der Waals surface area contributed by atoms with Gasteiger partial charge in [0.05, 0.1) is 17.3 Å². The highest BCUT2D eigenvalue weighted by Gasteiger charge is 2.08. The summed E-state index contributed by atoms with van der Waals surface area (Å²) in [5, 5.41) is 7.36. The average Bonchev–Trinajstić information content (AvgIpc) is 2.78. The van der Waals surface area contributed by atoms with Gasteiger partial charge in [-0.05, 0) is 55.4 Å². The summed E-state index contributed by atoms with van der Waals surface area (Å²) in [6.07, 6.45) is 4.93. The minimum absolute atomic E-state index is 0.336. The van der Waals surface area contributed by atoms with Crippen molar-refractivity contribution in [2.24, 2.45) is 5.73 Å². The highest BCUT2D eigenvalue weighted by Crippen LogP contribution is 2.24. The van der Waals surface area contributed by atoms with E-state index in [1.807, 2.05) is 30.3 Å². The first-order valence-electron chi connectivity index (χ1n) is 9.92. The number of aromatic nitrogens is 3. The van der Waals surface area contributed by atoms with Crippen LogP contribution in [0.15, 0.2) is 67.0 Å². The molecule has 0 spiro atoms. The van der Waals surface area contributed by atoms with Gasteiger partial charge in [0.15, 0.2) is 5.82 Å². The van der Waals surface area contributed by atoms with Crippen LogP contribution in [0.4, 0.5) is 27.5 Å². The molecule has 2 heterocycles. The van der Waals surface area contributed by atoms with E-state index in [9.17, 15) is 4.39 Å². The Balaban J connectivity index is 1.65. The molecule has 2 aromatic carbocycles. The van der Waals surface area contributed by atoms with Gasteiger partial charge in [-0.2, -0.15) is 4.98 Å². The molecule has 0 aliphatic rings. The summed E-state index contributed by atoms with van der Waals surface area (Å²) in [4.78, 5) is 13.3. The van der Waals surface area contributed by atoms with Crippen molar-refractivity contribution in [3.05, 3.63) is 78.4 Å². The van der Waals surface area contributed by atoms with Gasteiger partial charge in [0, 0.05) is 29.4 Å². The number of nitrogens with zero attached hydrogens (tertiary/aromatic N) is 3.